The van der Waals surface area contributed by atoms with Gasteiger partial charge in [-0.25, -0.2) is 19.7 Å². The zero-order chi connectivity index (χ0) is 24.9. The van der Waals surface area contributed by atoms with E-state index in [-0.39, 0.29) is 18.2 Å². The van der Waals surface area contributed by atoms with E-state index in [0.29, 0.717) is 27.1 Å². The van der Waals surface area contributed by atoms with Gasteiger partial charge in [0.05, 0.1) is 21.2 Å². The summed E-state index contributed by atoms with van der Waals surface area (Å²) in [5.41, 5.74) is 0.951. The van der Waals surface area contributed by atoms with Gasteiger partial charge in [-0.2, -0.15) is 0 Å². The smallest absolute Gasteiger partial charge is 0.408 e. The summed E-state index contributed by atoms with van der Waals surface area (Å²) in [6.07, 6.45) is 0.855. The van der Waals surface area contributed by atoms with E-state index in [1.165, 1.54) is 23.5 Å². The number of thiazole rings is 1. The lowest BCUT2D eigenvalue weighted by atomic mass is 10.2. The summed E-state index contributed by atoms with van der Waals surface area (Å²) in [4.78, 5) is 48.0. The molecule has 2 aromatic heterocycles. The lowest BCUT2D eigenvalue weighted by molar-refractivity contribution is -0.384. The maximum absolute atomic E-state index is 12.2. The molecule has 0 bridgehead atoms. The number of ether oxygens (including phenoxy) is 1. The van der Waals surface area contributed by atoms with Gasteiger partial charge in [-0.1, -0.05) is 17.4 Å². The average molecular weight is 486 g/mol. The van der Waals surface area contributed by atoms with Crippen molar-refractivity contribution in [3.63, 3.8) is 0 Å². The summed E-state index contributed by atoms with van der Waals surface area (Å²) < 4.78 is 5.09. The van der Waals surface area contributed by atoms with Gasteiger partial charge in [-0.05, 0) is 39.8 Å². The van der Waals surface area contributed by atoms with Gasteiger partial charge in [0.25, 0.3) is 5.69 Å². The van der Waals surface area contributed by atoms with Gasteiger partial charge in [0, 0.05) is 24.0 Å². The molecule has 0 aliphatic carbocycles. The Labute approximate surface area is 199 Å². The Balaban J connectivity index is 1.67. The lowest BCUT2D eigenvalue weighted by Gasteiger charge is -2.19. The molecule has 0 saturated carbocycles. The topological polar surface area (TPSA) is 161 Å². The first-order valence-corrected chi connectivity index (χ1v) is 10.9. The van der Waals surface area contributed by atoms with Gasteiger partial charge >= 0.3 is 6.09 Å². The maximum atomic E-state index is 12.2. The minimum atomic E-state index is -0.691. The van der Waals surface area contributed by atoms with Gasteiger partial charge in [0.2, 0.25) is 11.9 Å². The Kier molecular flexibility index (Phi) is 7.36. The fraction of sp³-hybridized carbons (Fsp3) is 0.286. The average Bonchev–Trinajstić information content (AvgIpc) is 3.11. The first kappa shape index (κ1) is 24.5. The van der Waals surface area contributed by atoms with Crippen LogP contribution in [0, 0.1) is 17.0 Å². The number of benzene rings is 1. The van der Waals surface area contributed by atoms with Crippen LogP contribution in [0.1, 0.15) is 26.5 Å². The molecule has 1 aromatic carbocycles. The van der Waals surface area contributed by atoms with Crippen LogP contribution in [0.5, 0.6) is 0 Å². The van der Waals surface area contributed by atoms with E-state index in [1.807, 2.05) is 0 Å². The molecule has 3 aromatic rings. The number of alkyl carbamates (subject to hydrolysis) is 1. The lowest BCUT2D eigenvalue weighted by Crippen LogP contribution is -2.37. The number of rotatable bonds is 7. The molecule has 0 unspecified atom stereocenters. The van der Waals surface area contributed by atoms with Crippen LogP contribution in [0.3, 0.4) is 0 Å². The molecule has 34 heavy (non-hydrogen) atoms. The molecule has 12 nitrogen and oxygen atoms in total. The zero-order valence-electron chi connectivity index (χ0n) is 18.9. The van der Waals surface area contributed by atoms with Crippen LogP contribution in [0.25, 0.3) is 10.6 Å². The van der Waals surface area contributed by atoms with Crippen molar-refractivity contribution >= 4 is 45.8 Å². The first-order chi connectivity index (χ1) is 16.0. The highest BCUT2D eigenvalue weighted by atomic mass is 32.1. The molecule has 2 amide bonds. The summed E-state index contributed by atoms with van der Waals surface area (Å²) in [6.45, 7) is 6.68. The number of hydrogen-bond donors (Lipinski definition) is 3. The molecule has 0 radical (unpaired) electrons. The Bertz CT molecular complexity index is 1220. The van der Waals surface area contributed by atoms with Crippen LogP contribution in [0.2, 0.25) is 0 Å². The number of aryl methyl sites for hydroxylation is 1. The summed E-state index contributed by atoms with van der Waals surface area (Å²) in [5.74, 6) is -0.209. The van der Waals surface area contributed by atoms with Crippen LogP contribution in [0.4, 0.5) is 27.2 Å². The predicted molar refractivity (Wildman–Crippen MR) is 127 cm³/mol. The molecule has 3 rings (SSSR count). The van der Waals surface area contributed by atoms with Gasteiger partial charge in [0.15, 0.2) is 5.13 Å². The van der Waals surface area contributed by atoms with Gasteiger partial charge in [-0.15, -0.1) is 0 Å². The summed E-state index contributed by atoms with van der Waals surface area (Å²) in [7, 11) is 0. The predicted octanol–water partition coefficient (Wildman–Crippen LogP) is 4.02. The first-order valence-electron chi connectivity index (χ1n) is 10.1. The monoisotopic (exact) mass is 485 g/mol. The minimum absolute atomic E-state index is 0.0546. The molecule has 0 atom stereocenters. The van der Waals surface area contributed by atoms with E-state index >= 15 is 0 Å². The maximum Gasteiger partial charge on any atom is 0.408 e. The van der Waals surface area contributed by atoms with Crippen molar-refractivity contribution in [2.45, 2.75) is 33.3 Å². The highest BCUT2D eigenvalue weighted by molar-refractivity contribution is 7.19. The zero-order valence-corrected chi connectivity index (χ0v) is 19.7. The van der Waals surface area contributed by atoms with Crippen molar-refractivity contribution in [2.75, 3.05) is 17.2 Å². The van der Waals surface area contributed by atoms with E-state index < -0.39 is 22.5 Å². The highest BCUT2D eigenvalue weighted by Gasteiger charge is 2.18. The number of nitrogens with zero attached hydrogens (tertiary/aromatic N) is 4. The third kappa shape index (κ3) is 6.93. The van der Waals surface area contributed by atoms with E-state index in [0.717, 1.165) is 0 Å². The third-order valence-electron chi connectivity index (χ3n) is 4.04. The number of carbonyl (C=O) groups is 2. The van der Waals surface area contributed by atoms with Crippen LogP contribution < -0.4 is 16.0 Å². The Hall–Kier alpha value is -4.13. The summed E-state index contributed by atoms with van der Waals surface area (Å²) in [6, 6.07) is 7.69. The van der Waals surface area contributed by atoms with E-state index in [9.17, 15) is 19.7 Å². The molecule has 0 aliphatic rings. The second-order valence-corrected chi connectivity index (χ2v) is 9.03. The number of non-ortho nitro benzene ring substituents is 1. The number of nitro groups is 1. The molecule has 0 aliphatic heterocycles. The van der Waals surface area contributed by atoms with Crippen molar-refractivity contribution in [3.05, 3.63) is 52.3 Å². The van der Waals surface area contributed by atoms with Crippen LogP contribution in [0.15, 0.2) is 36.5 Å². The molecule has 3 N–H and O–H groups in total. The quantitative estimate of drug-likeness (QED) is 0.331. The highest BCUT2D eigenvalue weighted by Crippen LogP contribution is 2.32. The van der Waals surface area contributed by atoms with Crippen molar-refractivity contribution in [2.24, 2.45) is 0 Å². The van der Waals surface area contributed by atoms with Crippen LogP contribution >= 0.6 is 11.3 Å². The molecular formula is C21H23N7O5S. The van der Waals surface area contributed by atoms with Crippen molar-refractivity contribution < 1.29 is 19.2 Å². The van der Waals surface area contributed by atoms with Gasteiger partial charge in [0.1, 0.15) is 12.1 Å². The van der Waals surface area contributed by atoms with Crippen LogP contribution in [-0.4, -0.2) is 44.0 Å². The van der Waals surface area contributed by atoms with Crippen LogP contribution in [-0.2, 0) is 9.53 Å². The number of amides is 2. The largest absolute Gasteiger partial charge is 0.444 e. The Morgan fingerprint density at radius 2 is 1.97 bits per heavy atom. The SMILES string of the molecule is Cc1nc(NC(=O)CNC(=O)OC(C)(C)C)sc1-c1ccnc(Nc2cccc([N+](=O)[O-])c2)n1. The Morgan fingerprint density at radius 3 is 2.68 bits per heavy atom. The minimum Gasteiger partial charge on any atom is -0.444 e. The van der Waals surface area contributed by atoms with Gasteiger partial charge < -0.3 is 20.7 Å². The second kappa shape index (κ2) is 10.2. The molecular weight excluding hydrogens is 462 g/mol. The van der Waals surface area contributed by atoms with Crippen molar-refractivity contribution in [3.8, 4) is 10.6 Å². The standard InChI is InChI=1S/C21H23N7O5S/c1-12-17(34-19(24-12)27-16(29)11-23-20(30)33-21(2,3)4)15-8-9-22-18(26-15)25-13-6-5-7-14(10-13)28(31)32/h5-10H,11H2,1-4H3,(H,23,30)(H,22,25,26)(H,24,27,29). The molecule has 0 fully saturated rings. The van der Waals surface area contributed by atoms with E-state index in [4.69, 9.17) is 4.74 Å². The molecule has 13 heteroatoms. The van der Waals surface area contributed by atoms with Crippen molar-refractivity contribution in [1.82, 2.24) is 20.3 Å². The van der Waals surface area contributed by atoms with E-state index in [2.05, 4.69) is 30.9 Å². The number of nitro benzene ring substituents is 1. The fourth-order valence-corrected chi connectivity index (χ4v) is 3.64. The second-order valence-electron chi connectivity index (χ2n) is 8.04. The molecule has 178 valence electrons. The number of nitrogens with one attached hydrogen (secondary N) is 3. The fourth-order valence-electron chi connectivity index (χ4n) is 2.69. The molecule has 2 heterocycles. The van der Waals surface area contributed by atoms with Crippen molar-refractivity contribution in [1.29, 1.82) is 0 Å². The van der Waals surface area contributed by atoms with E-state index in [1.54, 1.807) is 52.1 Å². The summed E-state index contributed by atoms with van der Waals surface area (Å²) in [5, 5.41) is 19.3. The normalized spacial score (nSPS) is 10.9. The Morgan fingerprint density at radius 1 is 1.21 bits per heavy atom. The summed E-state index contributed by atoms with van der Waals surface area (Å²) >= 11 is 1.21. The third-order valence-corrected chi connectivity index (χ3v) is 5.13. The number of carbonyl (C=O) groups excluding carboxylic acids is 2. The van der Waals surface area contributed by atoms with Gasteiger partial charge in [-0.3, -0.25) is 14.9 Å². The number of aromatic nitrogens is 3. The number of anilines is 3. The molecule has 0 spiro atoms. The number of hydrogen-bond acceptors (Lipinski definition) is 10. The molecule has 0 saturated heterocycles.